The van der Waals surface area contributed by atoms with Crippen molar-refractivity contribution in [1.29, 1.82) is 0 Å². The molecule has 0 aromatic carbocycles. The maximum absolute atomic E-state index is 11.8. The first kappa shape index (κ1) is 14.2. The minimum absolute atomic E-state index is 0.615. The van der Waals surface area contributed by atoms with Crippen molar-refractivity contribution in [2.75, 3.05) is 0 Å². The molecule has 1 unspecified atom stereocenters. The number of nitrogens with zero attached hydrogens (tertiary/aromatic N) is 1. The number of rotatable bonds is 3. The minimum atomic E-state index is -2.11. The van der Waals surface area contributed by atoms with Gasteiger partial charge in [0.25, 0.3) is 0 Å². The average molecular weight is 273 g/mol. The van der Waals surface area contributed by atoms with Crippen LogP contribution < -0.4 is 17.1 Å². The molecule has 0 saturated carbocycles. The first-order chi connectivity index (χ1) is 8.11. The average Bonchev–Trinajstić information content (AvgIpc) is 2.12. The van der Waals surface area contributed by atoms with E-state index in [1.165, 1.54) is 6.92 Å². The first-order valence-corrected chi connectivity index (χ1v) is 8.70. The number of nitrogens with one attached hydrogen (secondary N) is 2. The predicted octanol–water partition coefficient (Wildman–Crippen LogP) is -0.836. The summed E-state index contributed by atoms with van der Waals surface area (Å²) in [5.41, 5.74) is -2.79. The molecule has 100 valence electrons. The molecule has 0 aliphatic rings. The van der Waals surface area contributed by atoms with Crippen molar-refractivity contribution in [3.63, 3.8) is 0 Å². The van der Waals surface area contributed by atoms with Crippen molar-refractivity contribution in [2.45, 2.75) is 32.6 Å². The van der Waals surface area contributed by atoms with Crippen molar-refractivity contribution < 1.29 is 9.22 Å². The molecule has 0 radical (unpaired) electrons. The van der Waals surface area contributed by atoms with Gasteiger partial charge >= 0.3 is 23.0 Å². The Kier molecular flexibility index (Phi) is 3.75. The monoisotopic (exact) mass is 273 g/mol. The number of H-pyrrole nitrogens is 2. The smallest absolute Gasteiger partial charge is 0.334 e. The highest BCUT2D eigenvalue weighted by Crippen LogP contribution is 2.09. The molecule has 0 spiro atoms. The third-order valence-corrected chi connectivity index (χ3v) is 2.83. The zero-order chi connectivity index (χ0) is 14.1. The normalized spacial score (nSPS) is 13.1. The Morgan fingerprint density at radius 2 is 1.61 bits per heavy atom. The van der Waals surface area contributed by atoms with Crippen molar-refractivity contribution in [3.8, 4) is 0 Å². The van der Waals surface area contributed by atoms with Gasteiger partial charge in [0.2, 0.25) is 8.32 Å². The van der Waals surface area contributed by atoms with E-state index in [1.54, 1.807) is 19.6 Å². The van der Waals surface area contributed by atoms with Gasteiger partial charge in [-0.1, -0.05) is 0 Å². The quantitative estimate of drug-likeness (QED) is 0.697. The fourth-order valence-electron chi connectivity index (χ4n) is 1.28. The molecule has 0 bridgehead atoms. The highest BCUT2D eigenvalue weighted by atomic mass is 28.4. The van der Waals surface area contributed by atoms with Gasteiger partial charge in [0.1, 0.15) is 6.04 Å². The van der Waals surface area contributed by atoms with E-state index in [0.29, 0.717) is 4.57 Å². The van der Waals surface area contributed by atoms with Crippen molar-refractivity contribution in [3.05, 3.63) is 31.5 Å². The molecule has 0 aliphatic heterocycles. The molecular formula is C9H15N3O5Si. The van der Waals surface area contributed by atoms with Crippen LogP contribution in [0.15, 0.2) is 14.4 Å². The van der Waals surface area contributed by atoms with Gasteiger partial charge in [-0.25, -0.2) is 19.0 Å². The van der Waals surface area contributed by atoms with Crippen LogP contribution in [-0.4, -0.2) is 28.8 Å². The second-order valence-electron chi connectivity index (χ2n) is 4.77. The van der Waals surface area contributed by atoms with Gasteiger partial charge in [0.15, 0.2) is 0 Å². The molecule has 0 amide bonds. The highest BCUT2D eigenvalue weighted by molar-refractivity contribution is 6.71. The summed E-state index contributed by atoms with van der Waals surface area (Å²) in [6.45, 7) is 6.77. The molecule has 1 aromatic heterocycles. The van der Waals surface area contributed by atoms with Gasteiger partial charge in [-0.15, -0.1) is 0 Å². The molecule has 18 heavy (non-hydrogen) atoms. The van der Waals surface area contributed by atoms with Crippen LogP contribution in [0.2, 0.25) is 19.6 Å². The van der Waals surface area contributed by atoms with E-state index >= 15 is 0 Å². The molecule has 0 saturated heterocycles. The summed E-state index contributed by atoms with van der Waals surface area (Å²) in [7, 11) is -2.11. The summed E-state index contributed by atoms with van der Waals surface area (Å²) in [5, 5.41) is 0. The number of carbonyl (C=O) groups is 1. The zero-order valence-corrected chi connectivity index (χ0v) is 11.6. The third-order valence-electron chi connectivity index (χ3n) is 2.01. The summed E-state index contributed by atoms with van der Waals surface area (Å²) in [4.78, 5) is 49.3. The first-order valence-electron chi connectivity index (χ1n) is 5.30. The van der Waals surface area contributed by atoms with Crippen LogP contribution >= 0.6 is 0 Å². The van der Waals surface area contributed by atoms with Gasteiger partial charge in [-0.05, 0) is 26.6 Å². The van der Waals surface area contributed by atoms with Gasteiger partial charge in [-0.3, -0.25) is 14.8 Å². The van der Waals surface area contributed by atoms with E-state index in [-0.39, 0.29) is 0 Å². The van der Waals surface area contributed by atoms with E-state index in [9.17, 15) is 19.2 Å². The van der Waals surface area contributed by atoms with Gasteiger partial charge in [0.05, 0.1) is 0 Å². The number of aromatic amines is 2. The molecule has 1 heterocycles. The van der Waals surface area contributed by atoms with Crippen LogP contribution in [0.3, 0.4) is 0 Å². The van der Waals surface area contributed by atoms with Crippen LogP contribution in [0.25, 0.3) is 0 Å². The maximum Gasteiger partial charge on any atom is 0.334 e. The minimum Gasteiger partial charge on any atom is -0.518 e. The van der Waals surface area contributed by atoms with E-state index in [0.717, 1.165) is 0 Å². The summed E-state index contributed by atoms with van der Waals surface area (Å²) >= 11 is 0. The van der Waals surface area contributed by atoms with Crippen LogP contribution in [0.1, 0.15) is 13.0 Å². The maximum atomic E-state index is 11.8. The molecule has 1 atom stereocenters. The molecular weight excluding hydrogens is 258 g/mol. The summed E-state index contributed by atoms with van der Waals surface area (Å²) in [6.07, 6.45) is 0. The molecule has 9 heteroatoms. The van der Waals surface area contributed by atoms with E-state index < -0.39 is 37.4 Å². The third kappa shape index (κ3) is 3.29. The Balaban J connectivity index is 3.17. The van der Waals surface area contributed by atoms with Gasteiger partial charge in [0, 0.05) is 0 Å². The molecule has 1 aromatic rings. The van der Waals surface area contributed by atoms with Crippen LogP contribution in [0.5, 0.6) is 0 Å². The SMILES string of the molecule is CC(C(=O)O[Si](C)(C)C)n1c(=O)[nH]c(=O)[nH]c1=O. The van der Waals surface area contributed by atoms with E-state index in [1.807, 2.05) is 9.97 Å². The van der Waals surface area contributed by atoms with E-state index in [4.69, 9.17) is 4.43 Å². The van der Waals surface area contributed by atoms with Crippen molar-refractivity contribution in [1.82, 2.24) is 14.5 Å². The molecule has 0 fully saturated rings. The molecule has 0 aliphatic carbocycles. The Morgan fingerprint density at radius 3 is 2.00 bits per heavy atom. The second-order valence-corrected chi connectivity index (χ2v) is 9.20. The van der Waals surface area contributed by atoms with Gasteiger partial charge in [-0.2, -0.15) is 0 Å². The zero-order valence-electron chi connectivity index (χ0n) is 10.6. The fourth-order valence-corrected chi connectivity index (χ4v) is 2.06. The van der Waals surface area contributed by atoms with Crippen LogP contribution in [0, 0.1) is 0 Å². The lowest BCUT2D eigenvalue weighted by Crippen LogP contribution is -2.47. The summed E-state index contributed by atoms with van der Waals surface area (Å²) in [6, 6.07) is -1.09. The number of hydrogen-bond donors (Lipinski definition) is 2. The van der Waals surface area contributed by atoms with Crippen LogP contribution in [-0.2, 0) is 9.22 Å². The van der Waals surface area contributed by atoms with Crippen LogP contribution in [0.4, 0.5) is 0 Å². The Bertz CT molecular complexity index is 586. The fraction of sp³-hybridized carbons (Fsp3) is 0.556. The predicted molar refractivity (Wildman–Crippen MR) is 66.1 cm³/mol. The Labute approximate surface area is 103 Å². The van der Waals surface area contributed by atoms with E-state index in [2.05, 4.69) is 0 Å². The largest absolute Gasteiger partial charge is 0.518 e. The lowest BCUT2D eigenvalue weighted by atomic mass is 10.3. The highest BCUT2D eigenvalue weighted by Gasteiger charge is 2.26. The molecule has 1 rings (SSSR count). The molecule has 2 N–H and O–H groups in total. The lowest BCUT2D eigenvalue weighted by molar-refractivity contribution is -0.138. The lowest BCUT2D eigenvalue weighted by Gasteiger charge is -2.20. The number of hydrogen-bond acceptors (Lipinski definition) is 5. The number of aromatic nitrogens is 3. The standard InChI is InChI=1S/C9H15N3O5Si/c1-5(6(13)17-18(2,3)4)12-8(15)10-7(14)11-9(12)16/h5H,1-4H3,(H2,10,11,14,15,16). The topological polar surface area (TPSA) is 114 Å². The second kappa shape index (κ2) is 4.76. The Morgan fingerprint density at radius 1 is 1.17 bits per heavy atom. The summed E-state index contributed by atoms with van der Waals surface area (Å²) in [5.74, 6) is -0.672. The van der Waals surface area contributed by atoms with Crippen molar-refractivity contribution >= 4 is 14.3 Å². The van der Waals surface area contributed by atoms with Gasteiger partial charge < -0.3 is 4.43 Å². The van der Waals surface area contributed by atoms with Crippen molar-refractivity contribution in [2.24, 2.45) is 0 Å². The Hall–Kier alpha value is -1.90. The summed E-state index contributed by atoms with van der Waals surface area (Å²) < 4.78 is 5.80. The number of carbonyl (C=O) groups excluding carboxylic acids is 1. The molecule has 8 nitrogen and oxygen atoms in total.